The molecular formula is C25H31ClN4O2. The van der Waals surface area contributed by atoms with Crippen LogP contribution in [0.4, 0.5) is 0 Å². The van der Waals surface area contributed by atoms with Gasteiger partial charge in [0.1, 0.15) is 5.69 Å². The van der Waals surface area contributed by atoms with Crippen molar-refractivity contribution >= 4 is 28.4 Å². The third-order valence-corrected chi connectivity index (χ3v) is 6.46. The molecule has 7 heteroatoms. The minimum Gasteiger partial charge on any atom is -0.474 e. The Morgan fingerprint density at radius 1 is 1.16 bits per heavy atom. The molecule has 3 aromatic rings. The van der Waals surface area contributed by atoms with Crippen molar-refractivity contribution in [1.82, 2.24) is 20.1 Å². The lowest BCUT2D eigenvalue weighted by molar-refractivity contribution is 0.0948. The number of hydrogen-bond acceptors (Lipinski definition) is 5. The normalized spacial score (nSPS) is 14.9. The van der Waals surface area contributed by atoms with Gasteiger partial charge in [-0.1, -0.05) is 37.6 Å². The van der Waals surface area contributed by atoms with Crippen LogP contribution in [-0.4, -0.2) is 39.7 Å². The molecule has 1 N–H and O–H groups in total. The lowest BCUT2D eigenvalue weighted by atomic mass is 9.91. The molecule has 4 rings (SSSR count). The van der Waals surface area contributed by atoms with Crippen LogP contribution in [-0.2, 0) is 6.54 Å². The Bertz CT molecular complexity index is 1050. The second kappa shape index (κ2) is 10.5. The molecule has 0 aliphatic carbocycles. The molecule has 1 saturated heterocycles. The van der Waals surface area contributed by atoms with Gasteiger partial charge in [0, 0.05) is 17.5 Å². The highest BCUT2D eigenvalue weighted by Gasteiger charge is 2.23. The fourth-order valence-corrected chi connectivity index (χ4v) is 4.38. The van der Waals surface area contributed by atoms with Crippen molar-refractivity contribution in [2.24, 2.45) is 5.92 Å². The molecular weight excluding hydrogens is 424 g/mol. The average Bonchev–Trinajstić information content (AvgIpc) is 3.17. The van der Waals surface area contributed by atoms with Gasteiger partial charge in [0.05, 0.1) is 18.0 Å². The van der Waals surface area contributed by atoms with Gasteiger partial charge in [-0.25, -0.2) is 4.68 Å². The van der Waals surface area contributed by atoms with E-state index in [0.29, 0.717) is 41.1 Å². The number of aromatic nitrogens is 3. The number of carbonyl (C=O) groups excluding carboxylic acids is 1. The largest absolute Gasteiger partial charge is 0.474 e. The number of nitrogens with one attached hydrogen (secondary N) is 1. The summed E-state index contributed by atoms with van der Waals surface area (Å²) in [5.41, 5.74) is 2.23. The fourth-order valence-electron chi connectivity index (χ4n) is 4.25. The molecule has 2 aromatic heterocycles. The maximum atomic E-state index is 13.2. The summed E-state index contributed by atoms with van der Waals surface area (Å²) in [7, 11) is 0. The van der Waals surface area contributed by atoms with Gasteiger partial charge in [-0.3, -0.25) is 4.79 Å². The van der Waals surface area contributed by atoms with Crippen molar-refractivity contribution in [3.63, 3.8) is 0 Å². The van der Waals surface area contributed by atoms with Crippen molar-refractivity contribution in [1.29, 1.82) is 0 Å². The van der Waals surface area contributed by atoms with E-state index in [0.717, 1.165) is 49.7 Å². The Balaban J connectivity index is 1.67. The number of halogens is 1. The topological polar surface area (TPSA) is 69.0 Å². The van der Waals surface area contributed by atoms with E-state index in [-0.39, 0.29) is 11.9 Å². The molecule has 1 fully saturated rings. The summed E-state index contributed by atoms with van der Waals surface area (Å²) >= 11 is 6.04. The van der Waals surface area contributed by atoms with Crippen molar-refractivity contribution in [3.8, 4) is 5.88 Å². The highest BCUT2D eigenvalue weighted by molar-refractivity contribution is 6.30. The first-order valence-electron chi connectivity index (χ1n) is 11.6. The Kier molecular flexibility index (Phi) is 7.43. The van der Waals surface area contributed by atoms with E-state index in [4.69, 9.17) is 26.4 Å². The van der Waals surface area contributed by atoms with Gasteiger partial charge < -0.3 is 10.1 Å². The Labute approximate surface area is 194 Å². The number of ketones is 1. The second-order valence-electron chi connectivity index (χ2n) is 8.53. The van der Waals surface area contributed by atoms with Crippen LogP contribution in [0.1, 0.15) is 62.0 Å². The lowest BCUT2D eigenvalue weighted by Crippen LogP contribution is -2.29. The van der Waals surface area contributed by atoms with Crippen molar-refractivity contribution in [2.45, 2.75) is 58.6 Å². The molecule has 0 amide bonds. The molecule has 1 aliphatic heterocycles. The number of pyridine rings is 1. The van der Waals surface area contributed by atoms with E-state index in [2.05, 4.69) is 19.2 Å². The van der Waals surface area contributed by atoms with Gasteiger partial charge in [0.25, 0.3) is 0 Å². The molecule has 170 valence electrons. The maximum absolute atomic E-state index is 13.2. The van der Waals surface area contributed by atoms with Gasteiger partial charge in [-0.2, -0.15) is 10.1 Å². The summed E-state index contributed by atoms with van der Waals surface area (Å²) in [6, 6.07) is 11.5. The SMILES string of the molecule is CCC(CC)Oc1ccc2c(C(=O)CC3CCNCC3)nn(Cc3ccc(Cl)cc3)c2n1. The van der Waals surface area contributed by atoms with Crippen molar-refractivity contribution in [2.75, 3.05) is 13.1 Å². The highest BCUT2D eigenvalue weighted by Crippen LogP contribution is 2.26. The predicted molar refractivity (Wildman–Crippen MR) is 128 cm³/mol. The Hall–Kier alpha value is -2.44. The van der Waals surface area contributed by atoms with Gasteiger partial charge in [0.15, 0.2) is 11.4 Å². The molecule has 0 bridgehead atoms. The molecule has 32 heavy (non-hydrogen) atoms. The molecule has 3 heterocycles. The number of nitrogens with zero attached hydrogens (tertiary/aromatic N) is 3. The van der Waals surface area contributed by atoms with Crippen LogP contribution in [0.3, 0.4) is 0 Å². The summed E-state index contributed by atoms with van der Waals surface area (Å²) in [6.45, 7) is 6.67. The zero-order valence-electron chi connectivity index (χ0n) is 18.8. The molecule has 6 nitrogen and oxygen atoms in total. The zero-order chi connectivity index (χ0) is 22.5. The van der Waals surface area contributed by atoms with E-state index in [1.54, 1.807) is 0 Å². The number of fused-ring (bicyclic) bond motifs is 1. The summed E-state index contributed by atoms with van der Waals surface area (Å²) in [4.78, 5) is 18.0. The summed E-state index contributed by atoms with van der Waals surface area (Å²) in [5, 5.41) is 9.57. The van der Waals surface area contributed by atoms with Crippen LogP contribution >= 0.6 is 11.6 Å². The van der Waals surface area contributed by atoms with E-state index >= 15 is 0 Å². The summed E-state index contributed by atoms with van der Waals surface area (Å²) in [6.07, 6.45) is 4.54. The molecule has 0 saturated carbocycles. The lowest BCUT2D eigenvalue weighted by Gasteiger charge is -2.21. The number of Topliss-reactive ketones (excluding diaryl/α,β-unsaturated/α-hetero) is 1. The summed E-state index contributed by atoms with van der Waals surface area (Å²) < 4.78 is 7.89. The Morgan fingerprint density at radius 2 is 1.88 bits per heavy atom. The van der Waals surface area contributed by atoms with Crippen molar-refractivity contribution in [3.05, 3.63) is 52.7 Å². The van der Waals surface area contributed by atoms with Crippen LogP contribution in [0.15, 0.2) is 36.4 Å². The molecule has 0 radical (unpaired) electrons. The quantitative estimate of drug-likeness (QED) is 0.446. The first-order valence-corrected chi connectivity index (χ1v) is 12.0. The standard InChI is InChI=1S/C25H31ClN4O2/c1-3-20(4-2)32-23-10-9-21-24(22(31)15-17-11-13-27-14-12-17)29-30(25(21)28-23)16-18-5-7-19(26)8-6-18/h5-10,17,20,27H,3-4,11-16H2,1-2H3. The highest BCUT2D eigenvalue weighted by atomic mass is 35.5. The molecule has 1 aliphatic rings. The van der Waals surface area contributed by atoms with E-state index in [1.807, 2.05) is 41.1 Å². The van der Waals surface area contributed by atoms with Gasteiger partial charge >= 0.3 is 0 Å². The van der Waals surface area contributed by atoms with E-state index < -0.39 is 0 Å². The molecule has 0 atom stereocenters. The minimum atomic E-state index is 0.0900. The van der Waals surface area contributed by atoms with Crippen LogP contribution < -0.4 is 10.1 Å². The zero-order valence-corrected chi connectivity index (χ0v) is 19.6. The Morgan fingerprint density at radius 3 is 2.56 bits per heavy atom. The first-order chi connectivity index (χ1) is 15.6. The number of piperidine rings is 1. The van der Waals surface area contributed by atoms with Gasteiger partial charge in [-0.15, -0.1) is 0 Å². The monoisotopic (exact) mass is 454 g/mol. The third kappa shape index (κ3) is 5.30. The number of rotatable bonds is 9. The average molecular weight is 455 g/mol. The van der Waals surface area contributed by atoms with Gasteiger partial charge in [0.2, 0.25) is 5.88 Å². The van der Waals surface area contributed by atoms with E-state index in [9.17, 15) is 4.79 Å². The maximum Gasteiger partial charge on any atom is 0.215 e. The van der Waals surface area contributed by atoms with Gasteiger partial charge in [-0.05, 0) is 68.5 Å². The van der Waals surface area contributed by atoms with Crippen LogP contribution in [0.2, 0.25) is 5.02 Å². The van der Waals surface area contributed by atoms with Crippen molar-refractivity contribution < 1.29 is 9.53 Å². The van der Waals surface area contributed by atoms with E-state index in [1.165, 1.54) is 0 Å². The minimum absolute atomic E-state index is 0.0900. The molecule has 0 unspecified atom stereocenters. The summed E-state index contributed by atoms with van der Waals surface area (Å²) in [5.74, 6) is 1.07. The predicted octanol–water partition coefficient (Wildman–Crippen LogP) is 5.27. The van der Waals surface area contributed by atoms with Crippen LogP contribution in [0.25, 0.3) is 11.0 Å². The molecule has 0 spiro atoms. The number of hydrogen-bond donors (Lipinski definition) is 1. The number of carbonyl (C=O) groups is 1. The number of benzene rings is 1. The smallest absolute Gasteiger partial charge is 0.215 e. The first kappa shape index (κ1) is 22.7. The number of ether oxygens (including phenoxy) is 1. The fraction of sp³-hybridized carbons (Fsp3) is 0.480. The third-order valence-electron chi connectivity index (χ3n) is 6.21. The molecule has 1 aromatic carbocycles. The van der Waals surface area contributed by atoms with Crippen LogP contribution in [0.5, 0.6) is 5.88 Å². The van der Waals surface area contributed by atoms with Crippen LogP contribution in [0, 0.1) is 5.92 Å². The second-order valence-corrected chi connectivity index (χ2v) is 8.97.